The Hall–Kier alpha value is -0.540. The summed E-state index contributed by atoms with van der Waals surface area (Å²) in [5.74, 6) is 0.854. The number of rotatable bonds is 7. The third kappa shape index (κ3) is 4.68. The smallest absolute Gasteiger partial charge is 0.133 e. The quantitative estimate of drug-likeness (QED) is 0.756. The minimum atomic E-state index is 0.133. The SMILES string of the molecule is CCCCCCC(N)c1ccc(OC)c(Br)c1. The summed E-state index contributed by atoms with van der Waals surface area (Å²) in [6, 6.07) is 6.21. The molecule has 0 aromatic heterocycles. The van der Waals surface area contributed by atoms with Gasteiger partial charge in [-0.15, -0.1) is 0 Å². The minimum Gasteiger partial charge on any atom is -0.496 e. The normalized spacial score (nSPS) is 12.5. The highest BCUT2D eigenvalue weighted by molar-refractivity contribution is 9.10. The number of ether oxygens (including phenoxy) is 1. The predicted molar refractivity (Wildman–Crippen MR) is 76.4 cm³/mol. The van der Waals surface area contributed by atoms with Crippen LogP contribution < -0.4 is 10.5 Å². The molecule has 0 amide bonds. The number of nitrogens with two attached hydrogens (primary N) is 1. The van der Waals surface area contributed by atoms with E-state index < -0.39 is 0 Å². The van der Waals surface area contributed by atoms with Gasteiger partial charge in [0.2, 0.25) is 0 Å². The molecule has 2 N–H and O–H groups in total. The molecule has 0 radical (unpaired) electrons. The lowest BCUT2D eigenvalue weighted by atomic mass is 10.0. The molecule has 1 aromatic rings. The first-order chi connectivity index (χ1) is 8.19. The van der Waals surface area contributed by atoms with Gasteiger partial charge in [0.05, 0.1) is 11.6 Å². The average Bonchev–Trinajstić information content (AvgIpc) is 2.34. The molecule has 0 saturated heterocycles. The van der Waals surface area contributed by atoms with Crippen molar-refractivity contribution in [3.8, 4) is 5.75 Å². The Bertz CT molecular complexity index is 341. The molecule has 0 aliphatic carbocycles. The molecular weight excluding hydrogens is 278 g/mol. The third-order valence-corrected chi connectivity index (χ3v) is 3.59. The summed E-state index contributed by atoms with van der Waals surface area (Å²) in [6.07, 6.45) is 6.11. The highest BCUT2D eigenvalue weighted by Crippen LogP contribution is 2.28. The summed E-state index contributed by atoms with van der Waals surface area (Å²) in [5.41, 5.74) is 7.35. The van der Waals surface area contributed by atoms with E-state index in [1.54, 1.807) is 7.11 Å². The third-order valence-electron chi connectivity index (χ3n) is 2.97. The van der Waals surface area contributed by atoms with Crippen LogP contribution in [0, 0.1) is 0 Å². The van der Waals surface area contributed by atoms with Crippen LogP contribution in [-0.2, 0) is 0 Å². The van der Waals surface area contributed by atoms with Crippen molar-refractivity contribution in [2.24, 2.45) is 5.73 Å². The van der Waals surface area contributed by atoms with Crippen LogP contribution in [0.3, 0.4) is 0 Å². The molecule has 0 bridgehead atoms. The second-order valence-electron chi connectivity index (χ2n) is 4.35. The zero-order valence-corrected chi connectivity index (χ0v) is 12.3. The van der Waals surface area contributed by atoms with Crippen LogP contribution in [0.4, 0.5) is 0 Å². The van der Waals surface area contributed by atoms with E-state index >= 15 is 0 Å². The van der Waals surface area contributed by atoms with E-state index in [2.05, 4.69) is 28.9 Å². The van der Waals surface area contributed by atoms with Crippen molar-refractivity contribution in [3.63, 3.8) is 0 Å². The molecule has 1 aromatic carbocycles. The molecule has 96 valence electrons. The molecule has 1 rings (SSSR count). The number of unbranched alkanes of at least 4 members (excludes halogenated alkanes) is 3. The van der Waals surface area contributed by atoms with E-state index in [9.17, 15) is 0 Å². The molecule has 0 heterocycles. The Labute approximate surface area is 113 Å². The van der Waals surface area contributed by atoms with Gasteiger partial charge in [0.1, 0.15) is 5.75 Å². The number of methoxy groups -OCH3 is 1. The molecule has 0 fully saturated rings. The Kier molecular flexibility index (Phi) is 6.60. The fraction of sp³-hybridized carbons (Fsp3) is 0.571. The van der Waals surface area contributed by atoms with E-state index in [-0.39, 0.29) is 6.04 Å². The average molecular weight is 300 g/mol. The molecule has 0 saturated carbocycles. The van der Waals surface area contributed by atoms with Gasteiger partial charge in [0.25, 0.3) is 0 Å². The van der Waals surface area contributed by atoms with E-state index in [1.807, 2.05) is 12.1 Å². The van der Waals surface area contributed by atoms with Crippen LogP contribution >= 0.6 is 15.9 Å². The van der Waals surface area contributed by atoms with Gasteiger partial charge in [-0.2, -0.15) is 0 Å². The summed E-state index contributed by atoms with van der Waals surface area (Å²) in [5, 5.41) is 0. The largest absolute Gasteiger partial charge is 0.496 e. The summed E-state index contributed by atoms with van der Waals surface area (Å²) < 4.78 is 6.18. The fourth-order valence-electron chi connectivity index (χ4n) is 1.87. The molecule has 1 atom stereocenters. The number of hydrogen-bond donors (Lipinski definition) is 1. The van der Waals surface area contributed by atoms with Crippen molar-refractivity contribution in [2.45, 2.75) is 45.1 Å². The van der Waals surface area contributed by atoms with Gasteiger partial charge >= 0.3 is 0 Å². The summed E-state index contributed by atoms with van der Waals surface area (Å²) >= 11 is 3.49. The van der Waals surface area contributed by atoms with Gasteiger partial charge in [-0.1, -0.05) is 38.7 Å². The van der Waals surface area contributed by atoms with Crippen molar-refractivity contribution < 1.29 is 4.74 Å². The lowest BCUT2D eigenvalue weighted by molar-refractivity contribution is 0.411. The Balaban J connectivity index is 2.51. The van der Waals surface area contributed by atoms with Crippen LogP contribution in [0.5, 0.6) is 5.75 Å². The highest BCUT2D eigenvalue weighted by atomic mass is 79.9. The minimum absolute atomic E-state index is 0.133. The van der Waals surface area contributed by atoms with Crippen molar-refractivity contribution in [1.29, 1.82) is 0 Å². The molecule has 2 nitrogen and oxygen atoms in total. The van der Waals surface area contributed by atoms with Crippen LogP contribution in [0.25, 0.3) is 0 Å². The summed E-state index contributed by atoms with van der Waals surface area (Å²) in [7, 11) is 1.67. The maximum absolute atomic E-state index is 6.18. The maximum atomic E-state index is 6.18. The molecule has 17 heavy (non-hydrogen) atoms. The Morgan fingerprint density at radius 1 is 1.29 bits per heavy atom. The van der Waals surface area contributed by atoms with Crippen LogP contribution in [-0.4, -0.2) is 7.11 Å². The van der Waals surface area contributed by atoms with Gasteiger partial charge in [0.15, 0.2) is 0 Å². The molecule has 0 aliphatic rings. The predicted octanol–water partition coefficient (Wildman–Crippen LogP) is 4.43. The molecule has 1 unspecified atom stereocenters. The van der Waals surface area contributed by atoms with Crippen molar-refractivity contribution in [2.75, 3.05) is 7.11 Å². The van der Waals surface area contributed by atoms with Crippen LogP contribution in [0.1, 0.15) is 50.6 Å². The lowest BCUT2D eigenvalue weighted by Crippen LogP contribution is -2.10. The summed E-state index contributed by atoms with van der Waals surface area (Å²) in [6.45, 7) is 2.22. The first-order valence-corrected chi connectivity index (χ1v) is 7.07. The van der Waals surface area contributed by atoms with Crippen molar-refractivity contribution in [1.82, 2.24) is 0 Å². The molecular formula is C14H22BrNO. The van der Waals surface area contributed by atoms with Gasteiger partial charge in [-0.25, -0.2) is 0 Å². The van der Waals surface area contributed by atoms with Gasteiger partial charge in [0, 0.05) is 6.04 Å². The summed E-state index contributed by atoms with van der Waals surface area (Å²) in [4.78, 5) is 0. The highest BCUT2D eigenvalue weighted by Gasteiger charge is 2.08. The van der Waals surface area contributed by atoms with Crippen LogP contribution in [0.15, 0.2) is 22.7 Å². The van der Waals surface area contributed by atoms with Crippen molar-refractivity contribution >= 4 is 15.9 Å². The van der Waals surface area contributed by atoms with E-state index in [0.717, 1.165) is 16.6 Å². The zero-order chi connectivity index (χ0) is 12.7. The standard InChI is InChI=1S/C14H22BrNO/c1-3-4-5-6-7-13(16)11-8-9-14(17-2)12(15)10-11/h8-10,13H,3-7,16H2,1-2H3. The van der Waals surface area contributed by atoms with Gasteiger partial charge in [-0.3, -0.25) is 0 Å². The molecule has 0 aliphatic heterocycles. The van der Waals surface area contributed by atoms with E-state index in [0.29, 0.717) is 0 Å². The molecule has 0 spiro atoms. The topological polar surface area (TPSA) is 35.2 Å². The van der Waals surface area contributed by atoms with E-state index in [4.69, 9.17) is 10.5 Å². The lowest BCUT2D eigenvalue weighted by Gasteiger charge is -2.13. The van der Waals surface area contributed by atoms with Crippen LogP contribution in [0.2, 0.25) is 0 Å². The fourth-order valence-corrected chi connectivity index (χ4v) is 2.43. The Morgan fingerprint density at radius 3 is 2.65 bits per heavy atom. The second-order valence-corrected chi connectivity index (χ2v) is 5.20. The number of benzene rings is 1. The molecule has 3 heteroatoms. The zero-order valence-electron chi connectivity index (χ0n) is 10.7. The van der Waals surface area contributed by atoms with Gasteiger partial charge in [-0.05, 0) is 40.0 Å². The van der Waals surface area contributed by atoms with Crippen molar-refractivity contribution in [3.05, 3.63) is 28.2 Å². The Morgan fingerprint density at radius 2 is 2.06 bits per heavy atom. The maximum Gasteiger partial charge on any atom is 0.133 e. The van der Waals surface area contributed by atoms with Gasteiger partial charge < -0.3 is 10.5 Å². The second kappa shape index (κ2) is 7.72. The first-order valence-electron chi connectivity index (χ1n) is 6.28. The first kappa shape index (κ1) is 14.5. The van der Waals surface area contributed by atoms with E-state index in [1.165, 1.54) is 31.2 Å². The number of hydrogen-bond acceptors (Lipinski definition) is 2. The monoisotopic (exact) mass is 299 g/mol. The number of halogens is 1.